The number of aliphatic carboxylic acids is 1. The van der Waals surface area contributed by atoms with E-state index >= 15 is 0 Å². The van der Waals surface area contributed by atoms with E-state index in [-0.39, 0.29) is 5.54 Å². The molecule has 4 rings (SSSR count). The Bertz CT molecular complexity index is 1060. The zero-order chi connectivity index (χ0) is 21.8. The van der Waals surface area contributed by atoms with Crippen LogP contribution in [0.1, 0.15) is 38.5 Å². The first kappa shape index (κ1) is 21.3. The molecule has 0 radical (unpaired) electrons. The number of hydrogen-bond acceptors (Lipinski definition) is 5. The third-order valence-electron chi connectivity index (χ3n) is 5.17. The summed E-state index contributed by atoms with van der Waals surface area (Å²) in [5.74, 6) is -2.76. The van der Waals surface area contributed by atoms with Crippen LogP contribution < -0.4 is 0 Å². The molecule has 3 aromatic rings. The van der Waals surface area contributed by atoms with Gasteiger partial charge in [0.1, 0.15) is 12.0 Å². The lowest BCUT2D eigenvalue weighted by molar-refractivity contribution is -0.192. The van der Waals surface area contributed by atoms with Crippen LogP contribution in [0.4, 0.5) is 13.2 Å². The molecule has 0 aromatic carbocycles. The average Bonchev–Trinajstić information content (AvgIpc) is 3.46. The summed E-state index contributed by atoms with van der Waals surface area (Å²) in [6.45, 7) is 0. The zero-order valence-electron chi connectivity index (χ0n) is 15.9. The molecular weight excluding hydrogens is 401 g/mol. The Balaban J connectivity index is 0.000000318. The first-order valence-corrected chi connectivity index (χ1v) is 9.27. The van der Waals surface area contributed by atoms with E-state index < -0.39 is 12.1 Å². The monoisotopic (exact) mass is 420 g/mol. The van der Waals surface area contributed by atoms with E-state index in [9.17, 15) is 13.2 Å². The van der Waals surface area contributed by atoms with Gasteiger partial charge in [-0.1, -0.05) is 12.8 Å². The maximum atomic E-state index is 10.6. The second-order valence-electron chi connectivity index (χ2n) is 7.03. The van der Waals surface area contributed by atoms with Crippen molar-refractivity contribution >= 4 is 17.0 Å². The summed E-state index contributed by atoms with van der Waals surface area (Å²) in [4.78, 5) is 20.7. The van der Waals surface area contributed by atoms with Crippen LogP contribution in [0.2, 0.25) is 0 Å². The molecule has 3 heterocycles. The molecule has 0 unspecified atom stereocenters. The Hall–Kier alpha value is -3.42. The Kier molecular flexibility index (Phi) is 6.05. The van der Waals surface area contributed by atoms with E-state index in [2.05, 4.69) is 37.0 Å². The largest absolute Gasteiger partial charge is 0.490 e. The number of H-pyrrole nitrogens is 1. The Morgan fingerprint density at radius 2 is 2.03 bits per heavy atom. The Morgan fingerprint density at radius 3 is 2.67 bits per heavy atom. The summed E-state index contributed by atoms with van der Waals surface area (Å²) in [6.07, 6.45) is 8.37. The molecule has 158 valence electrons. The molecule has 0 atom stereocenters. The Labute approximate surface area is 169 Å². The number of nitrogens with one attached hydrogen (secondary N) is 1. The number of hydrogen-bond donors (Lipinski definition) is 2. The second kappa shape index (κ2) is 8.52. The second-order valence-corrected chi connectivity index (χ2v) is 7.03. The van der Waals surface area contributed by atoms with Crippen LogP contribution in [0, 0.1) is 11.3 Å². The highest BCUT2D eigenvalue weighted by atomic mass is 19.4. The van der Waals surface area contributed by atoms with Gasteiger partial charge >= 0.3 is 12.1 Å². The zero-order valence-corrected chi connectivity index (χ0v) is 15.9. The van der Waals surface area contributed by atoms with Crippen molar-refractivity contribution in [1.29, 1.82) is 5.26 Å². The first-order chi connectivity index (χ1) is 14.3. The van der Waals surface area contributed by atoms with Crippen molar-refractivity contribution in [3.05, 3.63) is 31.0 Å². The highest BCUT2D eigenvalue weighted by Gasteiger charge is 2.38. The van der Waals surface area contributed by atoms with Crippen molar-refractivity contribution in [1.82, 2.24) is 24.7 Å². The number of aromatic nitrogens is 5. The lowest BCUT2D eigenvalue weighted by Gasteiger charge is -2.28. The number of nitriles is 1. The number of carbonyl (C=O) groups is 1. The molecule has 11 heteroatoms. The molecule has 0 amide bonds. The van der Waals surface area contributed by atoms with E-state index in [1.54, 1.807) is 6.33 Å². The van der Waals surface area contributed by atoms with Gasteiger partial charge in [-0.25, -0.2) is 14.8 Å². The summed E-state index contributed by atoms with van der Waals surface area (Å²) in [6, 6.07) is 4.27. The van der Waals surface area contributed by atoms with Crippen molar-refractivity contribution < 1.29 is 23.1 Å². The number of carboxylic acid groups (broad SMARTS) is 1. The van der Waals surface area contributed by atoms with Crippen molar-refractivity contribution in [3.63, 3.8) is 0 Å². The topological polar surface area (TPSA) is 120 Å². The van der Waals surface area contributed by atoms with Crippen LogP contribution in [-0.2, 0) is 10.3 Å². The first-order valence-electron chi connectivity index (χ1n) is 9.27. The number of rotatable bonds is 4. The molecule has 0 spiro atoms. The summed E-state index contributed by atoms with van der Waals surface area (Å²) < 4.78 is 33.8. The van der Waals surface area contributed by atoms with Crippen molar-refractivity contribution in [2.24, 2.45) is 0 Å². The van der Waals surface area contributed by atoms with E-state index in [0.717, 1.165) is 41.6 Å². The van der Waals surface area contributed by atoms with Crippen LogP contribution in [-0.4, -0.2) is 42.0 Å². The van der Waals surface area contributed by atoms with Gasteiger partial charge < -0.3 is 10.1 Å². The lowest BCUT2D eigenvalue weighted by atomic mass is 9.92. The minimum absolute atomic E-state index is 0.00171. The molecule has 1 aliphatic carbocycles. The van der Waals surface area contributed by atoms with Gasteiger partial charge in [-0.3, -0.25) is 4.68 Å². The van der Waals surface area contributed by atoms with E-state index in [4.69, 9.17) is 15.2 Å². The fourth-order valence-electron chi connectivity index (χ4n) is 3.72. The number of fused-ring (bicyclic) bond motifs is 1. The molecule has 0 aliphatic heterocycles. The summed E-state index contributed by atoms with van der Waals surface area (Å²) in [5.41, 5.74) is 2.73. The molecule has 1 aliphatic rings. The summed E-state index contributed by atoms with van der Waals surface area (Å²) >= 11 is 0. The number of halogens is 3. The number of carboxylic acids is 1. The molecule has 0 saturated heterocycles. The lowest BCUT2D eigenvalue weighted by Crippen LogP contribution is -2.30. The van der Waals surface area contributed by atoms with E-state index in [0.29, 0.717) is 6.42 Å². The van der Waals surface area contributed by atoms with Crippen LogP contribution in [0.3, 0.4) is 0 Å². The molecule has 30 heavy (non-hydrogen) atoms. The van der Waals surface area contributed by atoms with Crippen LogP contribution in [0.5, 0.6) is 0 Å². The minimum atomic E-state index is -5.08. The molecular formula is C19H19F3N6O2. The average molecular weight is 420 g/mol. The predicted octanol–water partition coefficient (Wildman–Crippen LogP) is 4.03. The minimum Gasteiger partial charge on any atom is -0.475 e. The van der Waals surface area contributed by atoms with E-state index in [1.807, 2.05) is 18.5 Å². The highest BCUT2D eigenvalue weighted by Crippen LogP contribution is 2.40. The van der Waals surface area contributed by atoms with E-state index in [1.165, 1.54) is 12.8 Å². The third kappa shape index (κ3) is 4.42. The van der Waals surface area contributed by atoms with Crippen LogP contribution in [0.25, 0.3) is 22.3 Å². The smallest absolute Gasteiger partial charge is 0.475 e. The molecule has 8 nitrogen and oxygen atoms in total. The standard InChI is InChI=1S/C17H18N6.C2HF3O2/c18-8-3-7-17(5-1-2-6-17)23-11-13(10-22-23)15-14-4-9-19-16(14)21-12-20-15;3-2(4,5)1(6)7/h4,9-12H,1-3,5-7H2,(H,19,20,21);(H,6,7). The Morgan fingerprint density at radius 1 is 1.33 bits per heavy atom. The molecule has 1 fully saturated rings. The normalized spacial score (nSPS) is 15.4. The molecule has 0 bridgehead atoms. The predicted molar refractivity (Wildman–Crippen MR) is 100 cm³/mol. The van der Waals surface area contributed by atoms with Gasteiger partial charge in [0, 0.05) is 29.8 Å². The van der Waals surface area contributed by atoms with Gasteiger partial charge in [-0.05, 0) is 25.3 Å². The summed E-state index contributed by atoms with van der Waals surface area (Å²) in [5, 5.41) is 21.7. The highest BCUT2D eigenvalue weighted by molar-refractivity contribution is 5.89. The van der Waals surface area contributed by atoms with Gasteiger partial charge in [0.2, 0.25) is 0 Å². The fraction of sp³-hybridized carbons (Fsp3) is 0.421. The molecule has 1 saturated carbocycles. The van der Waals surface area contributed by atoms with Gasteiger partial charge in [-0.2, -0.15) is 23.5 Å². The molecule has 2 N–H and O–H groups in total. The van der Waals surface area contributed by atoms with Gasteiger partial charge in [0.15, 0.2) is 0 Å². The van der Waals surface area contributed by atoms with Gasteiger partial charge in [0.25, 0.3) is 0 Å². The third-order valence-corrected chi connectivity index (χ3v) is 5.17. The van der Waals surface area contributed by atoms with Crippen LogP contribution >= 0.6 is 0 Å². The maximum absolute atomic E-state index is 10.6. The van der Waals surface area contributed by atoms with Crippen molar-refractivity contribution in [2.45, 2.75) is 50.2 Å². The SMILES string of the molecule is N#CCCC1(n2cc(-c3ncnc4[nH]ccc34)cn2)CCCC1.O=C(O)C(F)(F)F. The van der Waals surface area contributed by atoms with Crippen molar-refractivity contribution in [3.8, 4) is 17.3 Å². The van der Waals surface area contributed by atoms with Gasteiger partial charge in [-0.15, -0.1) is 0 Å². The number of aromatic amines is 1. The summed E-state index contributed by atoms with van der Waals surface area (Å²) in [7, 11) is 0. The van der Waals surface area contributed by atoms with Gasteiger partial charge in [0.05, 0.1) is 23.5 Å². The fourth-order valence-corrected chi connectivity index (χ4v) is 3.72. The maximum Gasteiger partial charge on any atom is 0.490 e. The quantitative estimate of drug-likeness (QED) is 0.657. The number of alkyl halides is 3. The van der Waals surface area contributed by atoms with Crippen molar-refractivity contribution in [2.75, 3.05) is 0 Å². The molecule has 3 aromatic heterocycles. The number of nitrogens with zero attached hydrogens (tertiary/aromatic N) is 5. The van der Waals surface area contributed by atoms with Crippen LogP contribution in [0.15, 0.2) is 31.0 Å².